The van der Waals surface area contributed by atoms with E-state index in [0.29, 0.717) is 6.42 Å². The number of nitrogens with one attached hydrogen (secondary N) is 1. The quantitative estimate of drug-likeness (QED) is 0.0239. The van der Waals surface area contributed by atoms with Gasteiger partial charge in [-0.25, -0.2) is 4.57 Å². The molecule has 0 radical (unpaired) electrons. The Bertz CT molecular complexity index is 1230. The third kappa shape index (κ3) is 48.3. The first-order valence-electron chi connectivity index (χ1n) is 24.4. The highest BCUT2D eigenvalue weighted by molar-refractivity contribution is 7.47. The number of carbonyl (C=O) groups is 2. The molecule has 0 aromatic rings. The molecule has 0 aliphatic rings. The minimum Gasteiger partial charge on any atom is -0.463 e. The largest absolute Gasteiger partial charge is 0.472 e. The van der Waals surface area contributed by atoms with Crippen LogP contribution in [0.4, 0.5) is 0 Å². The van der Waals surface area contributed by atoms with Crippen LogP contribution in [-0.2, 0) is 27.9 Å². The van der Waals surface area contributed by atoms with Gasteiger partial charge in [-0.2, -0.15) is 0 Å². The molecule has 2 atom stereocenters. The monoisotopic (exact) mass is 876 g/mol. The number of rotatable bonds is 45. The molecule has 0 aromatic heterocycles. The first-order chi connectivity index (χ1) is 29.8. The van der Waals surface area contributed by atoms with E-state index in [9.17, 15) is 24.2 Å². The van der Waals surface area contributed by atoms with Crippen molar-refractivity contribution in [3.05, 3.63) is 72.9 Å². The van der Waals surface area contributed by atoms with E-state index in [0.717, 1.165) is 89.9 Å². The van der Waals surface area contributed by atoms with E-state index in [1.54, 1.807) is 0 Å². The van der Waals surface area contributed by atoms with Gasteiger partial charge in [0.2, 0.25) is 5.91 Å². The first-order valence-corrected chi connectivity index (χ1v) is 25.9. The minimum atomic E-state index is -4.43. The molecule has 0 aliphatic heterocycles. The smallest absolute Gasteiger partial charge is 0.463 e. The van der Waals surface area contributed by atoms with Crippen molar-refractivity contribution >= 4 is 19.7 Å². The van der Waals surface area contributed by atoms with Crippen molar-refractivity contribution in [1.29, 1.82) is 0 Å². The van der Waals surface area contributed by atoms with Gasteiger partial charge >= 0.3 is 13.8 Å². The van der Waals surface area contributed by atoms with Gasteiger partial charge in [0.05, 0.1) is 13.2 Å². The summed E-state index contributed by atoms with van der Waals surface area (Å²) in [4.78, 5) is 34.0. The van der Waals surface area contributed by atoms with Crippen LogP contribution in [-0.4, -0.2) is 54.3 Å². The topological polar surface area (TPSA) is 131 Å². The van der Waals surface area contributed by atoms with E-state index in [2.05, 4.69) is 92.1 Å². The highest BCUT2D eigenvalue weighted by Crippen LogP contribution is 2.42. The van der Waals surface area contributed by atoms with E-state index in [1.807, 2.05) is 0 Å². The molecule has 0 saturated carbocycles. The van der Waals surface area contributed by atoms with Crippen LogP contribution in [0, 0.1) is 0 Å². The Labute approximate surface area is 373 Å². The van der Waals surface area contributed by atoms with Crippen molar-refractivity contribution in [2.45, 2.75) is 213 Å². The molecule has 3 N–H and O–H groups in total. The van der Waals surface area contributed by atoms with E-state index < -0.39 is 26.5 Å². The number of allylic oxidation sites excluding steroid dienone is 12. The molecule has 10 heteroatoms. The number of unbranched alkanes of at least 4 members (excludes halogenated alkanes) is 20. The zero-order valence-electron chi connectivity index (χ0n) is 38.8. The summed E-state index contributed by atoms with van der Waals surface area (Å²) in [5, 5.41) is 12.7. The van der Waals surface area contributed by atoms with Gasteiger partial charge in [0.15, 0.2) is 0 Å². The molecule has 0 bridgehead atoms. The second-order valence-electron chi connectivity index (χ2n) is 16.1. The van der Waals surface area contributed by atoms with Crippen molar-refractivity contribution in [1.82, 2.24) is 5.32 Å². The van der Waals surface area contributed by atoms with Crippen molar-refractivity contribution in [3.63, 3.8) is 0 Å². The normalized spacial score (nSPS) is 13.8. The predicted molar refractivity (Wildman–Crippen MR) is 256 cm³/mol. The Morgan fingerprint density at radius 2 is 0.885 bits per heavy atom. The number of phosphoric ester groups is 1. The van der Waals surface area contributed by atoms with Gasteiger partial charge in [-0.05, 0) is 89.9 Å². The molecule has 61 heavy (non-hydrogen) atoms. The van der Waals surface area contributed by atoms with E-state index >= 15 is 0 Å². The number of carbonyl (C=O) groups excluding carboxylic acids is 2. The molecule has 2 unspecified atom stereocenters. The molecule has 0 spiro atoms. The van der Waals surface area contributed by atoms with Gasteiger partial charge in [-0.3, -0.25) is 18.6 Å². The zero-order chi connectivity index (χ0) is 44.6. The Hall–Kier alpha value is -2.55. The molecule has 1 amide bonds. The summed E-state index contributed by atoms with van der Waals surface area (Å²) < 4.78 is 27.0. The Balaban J connectivity index is 3.62. The molecule has 0 fully saturated rings. The van der Waals surface area contributed by atoms with Gasteiger partial charge in [0.1, 0.15) is 12.7 Å². The summed E-state index contributed by atoms with van der Waals surface area (Å²) in [7, 11) is -4.43. The van der Waals surface area contributed by atoms with Gasteiger partial charge in [0, 0.05) is 19.4 Å². The van der Waals surface area contributed by atoms with E-state index in [4.69, 9.17) is 13.8 Å². The molecule has 0 heterocycles. The van der Waals surface area contributed by atoms with Crippen molar-refractivity contribution in [2.75, 3.05) is 26.4 Å². The third-order valence-electron chi connectivity index (χ3n) is 10.1. The predicted octanol–water partition coefficient (Wildman–Crippen LogP) is 14.2. The number of esters is 1. The average Bonchev–Trinajstić information content (AvgIpc) is 3.25. The molecular weight excluding hydrogens is 786 g/mol. The van der Waals surface area contributed by atoms with Gasteiger partial charge in [-0.1, -0.05) is 177 Å². The van der Waals surface area contributed by atoms with Crippen LogP contribution in [0.5, 0.6) is 0 Å². The maximum absolute atomic E-state index is 12.1. The van der Waals surface area contributed by atoms with Gasteiger partial charge in [-0.15, -0.1) is 0 Å². The Morgan fingerprint density at radius 3 is 1.33 bits per heavy atom. The lowest BCUT2D eigenvalue weighted by molar-refractivity contribution is -0.147. The van der Waals surface area contributed by atoms with E-state index in [-0.39, 0.29) is 32.1 Å². The number of amides is 1. The zero-order valence-corrected chi connectivity index (χ0v) is 39.7. The molecule has 0 aromatic carbocycles. The lowest BCUT2D eigenvalue weighted by atomic mass is 10.1. The molecule has 0 saturated heterocycles. The number of ether oxygens (including phenoxy) is 1. The maximum atomic E-state index is 12.1. The lowest BCUT2D eigenvalue weighted by Gasteiger charge is -2.15. The molecule has 0 aliphatic carbocycles. The standard InChI is InChI=1S/C51H90NO8P/c1-3-5-7-9-11-13-15-17-19-21-23-24-26-28-30-32-34-36-38-40-42-44-51(55)58-47-49(53)48-60-61(56,57)59-46-45-52-50(54)43-41-39-37-35-33-31-29-27-25-22-20-18-16-14-12-10-8-6-4-2/h11-14,17-20,23-25,27,49,53H,3-10,15-16,21-22,26,28-48H2,1-2H3,(H,52,54)(H,56,57)/b13-11-,14-12-,19-17-,20-18-,24-23-,27-25-. The van der Waals surface area contributed by atoms with Crippen LogP contribution in [0.3, 0.4) is 0 Å². The fourth-order valence-electron chi connectivity index (χ4n) is 6.39. The van der Waals surface area contributed by atoms with Crippen molar-refractivity contribution < 1.29 is 37.9 Å². The Morgan fingerprint density at radius 1 is 0.508 bits per heavy atom. The molecular formula is C51H90NO8P. The SMILES string of the molecule is CCCCC/C=C\C/C=C\C/C=C\CCCCCCCCCCC(=O)OCC(O)COP(=O)(O)OCCNC(=O)CCCCCCCC/C=C\C/C=C\C/C=C\CCCCC. The van der Waals surface area contributed by atoms with Crippen molar-refractivity contribution in [3.8, 4) is 0 Å². The van der Waals surface area contributed by atoms with Crippen LogP contribution >= 0.6 is 7.82 Å². The van der Waals surface area contributed by atoms with Crippen LogP contribution in [0.15, 0.2) is 72.9 Å². The van der Waals surface area contributed by atoms with Crippen LogP contribution in [0.25, 0.3) is 0 Å². The molecule has 352 valence electrons. The lowest BCUT2D eigenvalue weighted by Crippen LogP contribution is -2.27. The fraction of sp³-hybridized carbons (Fsp3) is 0.725. The second-order valence-corrected chi connectivity index (χ2v) is 17.5. The number of phosphoric acid groups is 1. The van der Waals surface area contributed by atoms with Crippen LogP contribution in [0.1, 0.15) is 206 Å². The van der Waals surface area contributed by atoms with E-state index in [1.165, 1.54) is 89.9 Å². The fourth-order valence-corrected chi connectivity index (χ4v) is 7.15. The highest BCUT2D eigenvalue weighted by Gasteiger charge is 2.23. The van der Waals surface area contributed by atoms with Gasteiger partial charge in [0.25, 0.3) is 0 Å². The molecule has 0 rings (SSSR count). The summed E-state index contributed by atoms with van der Waals surface area (Å²) in [6, 6.07) is 0. The minimum absolute atomic E-state index is 0.0702. The summed E-state index contributed by atoms with van der Waals surface area (Å²) in [6.07, 6.45) is 58.3. The first kappa shape index (κ1) is 58.5. The van der Waals surface area contributed by atoms with Gasteiger partial charge < -0.3 is 20.1 Å². The summed E-state index contributed by atoms with van der Waals surface area (Å²) in [5.41, 5.74) is 0. The number of hydrogen-bond donors (Lipinski definition) is 3. The second kappa shape index (κ2) is 46.9. The highest BCUT2D eigenvalue weighted by atomic mass is 31.2. The van der Waals surface area contributed by atoms with Crippen LogP contribution < -0.4 is 5.32 Å². The average molecular weight is 876 g/mol. The van der Waals surface area contributed by atoms with Crippen molar-refractivity contribution in [2.24, 2.45) is 0 Å². The Kier molecular flexibility index (Phi) is 45.0. The third-order valence-corrected chi connectivity index (χ3v) is 11.1. The summed E-state index contributed by atoms with van der Waals surface area (Å²) >= 11 is 0. The number of aliphatic hydroxyl groups is 1. The number of aliphatic hydroxyl groups excluding tert-OH is 1. The number of hydrogen-bond acceptors (Lipinski definition) is 7. The summed E-state index contributed by atoms with van der Waals surface area (Å²) in [6.45, 7) is 3.48. The molecule has 9 nitrogen and oxygen atoms in total. The summed E-state index contributed by atoms with van der Waals surface area (Å²) in [5.74, 6) is -0.538. The van der Waals surface area contributed by atoms with Crippen LogP contribution in [0.2, 0.25) is 0 Å². The maximum Gasteiger partial charge on any atom is 0.472 e.